The van der Waals surface area contributed by atoms with Gasteiger partial charge in [0.15, 0.2) is 0 Å². The topological polar surface area (TPSA) is 34.6 Å². The molecule has 5 rings (SSSR count). The van der Waals surface area contributed by atoms with Gasteiger partial charge in [-0.15, -0.1) is 0 Å². The minimum absolute atomic E-state index is 0.228. The Bertz CT molecular complexity index is 1160. The van der Waals surface area contributed by atoms with E-state index in [0.29, 0.717) is 12.2 Å². The average Bonchev–Trinajstić information content (AvgIpc) is 3.36. The molecule has 1 aliphatic rings. The highest BCUT2D eigenvalue weighted by Gasteiger charge is 2.20. The van der Waals surface area contributed by atoms with E-state index in [1.807, 2.05) is 47.7 Å². The lowest BCUT2D eigenvalue weighted by atomic mass is 10.0. The quantitative estimate of drug-likeness (QED) is 0.536. The third-order valence-electron chi connectivity index (χ3n) is 5.06. The number of hydrogen-bond donors (Lipinski definition) is 1. The number of benzene rings is 3. The molecule has 2 heterocycles. The van der Waals surface area contributed by atoms with Crippen LogP contribution in [0.15, 0.2) is 84.1 Å². The first-order valence-corrected chi connectivity index (χ1v) is 9.24. The van der Waals surface area contributed by atoms with Crippen molar-refractivity contribution in [2.45, 2.75) is 6.54 Å². The van der Waals surface area contributed by atoms with E-state index in [1.54, 1.807) is 12.1 Å². The van der Waals surface area contributed by atoms with Crippen LogP contribution in [-0.4, -0.2) is 22.9 Å². The van der Waals surface area contributed by atoms with Crippen LogP contribution >= 0.6 is 0 Å². The van der Waals surface area contributed by atoms with Crippen molar-refractivity contribution in [3.8, 4) is 11.1 Å². The van der Waals surface area contributed by atoms with E-state index in [9.17, 15) is 4.39 Å². The van der Waals surface area contributed by atoms with Gasteiger partial charge in [-0.1, -0.05) is 54.6 Å². The Hall–Kier alpha value is -3.60. The molecule has 138 valence electrons. The molecule has 0 saturated heterocycles. The second-order valence-electron chi connectivity index (χ2n) is 6.88. The summed E-state index contributed by atoms with van der Waals surface area (Å²) in [5, 5.41) is 7.70. The largest absolute Gasteiger partial charge is 0.361 e. The van der Waals surface area contributed by atoms with E-state index in [-0.39, 0.29) is 5.82 Å². The zero-order valence-electron chi connectivity index (χ0n) is 15.2. The standard InChI is InChI=1S/C23H19FN4/c24-21-10-4-1-8-19(21)20-9-3-6-12-23(20)28-16-27(15-26-28)14-17-13-25-22-11-5-2-7-18(17)22/h1-13,15,25H,14,16H2. The van der Waals surface area contributed by atoms with Crippen LogP contribution in [0, 0.1) is 5.82 Å². The minimum Gasteiger partial charge on any atom is -0.361 e. The van der Waals surface area contributed by atoms with Crippen molar-refractivity contribution in [1.29, 1.82) is 0 Å². The van der Waals surface area contributed by atoms with Gasteiger partial charge in [-0.25, -0.2) is 9.40 Å². The van der Waals surface area contributed by atoms with Crippen LogP contribution < -0.4 is 5.01 Å². The number of nitrogens with zero attached hydrogens (tertiary/aromatic N) is 3. The van der Waals surface area contributed by atoms with Crippen molar-refractivity contribution in [2.75, 3.05) is 11.7 Å². The highest BCUT2D eigenvalue weighted by atomic mass is 19.1. The summed E-state index contributed by atoms with van der Waals surface area (Å²) in [5.41, 5.74) is 4.68. The monoisotopic (exact) mass is 370 g/mol. The number of rotatable bonds is 4. The number of aromatic amines is 1. The Balaban J connectivity index is 1.40. The maximum Gasteiger partial charge on any atom is 0.131 e. The lowest BCUT2D eigenvalue weighted by molar-refractivity contribution is 0.453. The highest BCUT2D eigenvalue weighted by Crippen LogP contribution is 2.33. The summed E-state index contributed by atoms with van der Waals surface area (Å²) in [7, 11) is 0. The first-order valence-electron chi connectivity index (χ1n) is 9.24. The summed E-state index contributed by atoms with van der Waals surface area (Å²) in [6.45, 7) is 1.37. The molecule has 1 aliphatic heterocycles. The molecule has 0 radical (unpaired) electrons. The third kappa shape index (κ3) is 2.91. The van der Waals surface area contributed by atoms with Crippen molar-refractivity contribution in [1.82, 2.24) is 9.88 Å². The fourth-order valence-corrected chi connectivity index (χ4v) is 3.70. The van der Waals surface area contributed by atoms with Gasteiger partial charge in [-0.3, -0.25) is 0 Å². The predicted octanol–water partition coefficient (Wildman–Crippen LogP) is 5.20. The Labute approximate surface area is 162 Å². The van der Waals surface area contributed by atoms with Gasteiger partial charge >= 0.3 is 0 Å². The second kappa shape index (κ2) is 6.85. The van der Waals surface area contributed by atoms with E-state index in [2.05, 4.69) is 39.4 Å². The first-order chi connectivity index (χ1) is 13.8. The lowest BCUT2D eigenvalue weighted by Crippen LogP contribution is -2.26. The van der Waals surface area contributed by atoms with Crippen molar-refractivity contribution < 1.29 is 4.39 Å². The van der Waals surface area contributed by atoms with E-state index >= 15 is 0 Å². The van der Waals surface area contributed by atoms with Crippen LogP contribution in [0.3, 0.4) is 0 Å². The molecule has 5 heteroatoms. The van der Waals surface area contributed by atoms with Gasteiger partial charge in [-0.2, -0.15) is 5.10 Å². The van der Waals surface area contributed by atoms with Gasteiger partial charge in [0.2, 0.25) is 0 Å². The Morgan fingerprint density at radius 3 is 2.54 bits per heavy atom. The van der Waals surface area contributed by atoms with Crippen molar-refractivity contribution in [2.24, 2.45) is 5.10 Å². The molecule has 0 spiro atoms. The third-order valence-corrected chi connectivity index (χ3v) is 5.06. The van der Waals surface area contributed by atoms with E-state index in [1.165, 1.54) is 17.0 Å². The van der Waals surface area contributed by atoms with Gasteiger partial charge in [0.05, 0.1) is 5.69 Å². The van der Waals surface area contributed by atoms with Crippen molar-refractivity contribution in [3.63, 3.8) is 0 Å². The summed E-state index contributed by atoms with van der Waals surface area (Å²) < 4.78 is 14.3. The highest BCUT2D eigenvalue weighted by molar-refractivity contribution is 5.84. The summed E-state index contributed by atoms with van der Waals surface area (Å²) in [5.74, 6) is -0.228. The summed E-state index contributed by atoms with van der Waals surface area (Å²) in [6, 6.07) is 22.9. The van der Waals surface area contributed by atoms with Gasteiger partial charge in [-0.05, 0) is 23.8 Å². The molecule has 0 unspecified atom stereocenters. The Morgan fingerprint density at radius 2 is 1.64 bits per heavy atom. The molecule has 4 aromatic rings. The van der Waals surface area contributed by atoms with Crippen LogP contribution in [0.5, 0.6) is 0 Å². The van der Waals surface area contributed by atoms with E-state index < -0.39 is 0 Å². The maximum atomic E-state index is 14.3. The molecule has 0 bridgehead atoms. The van der Waals surface area contributed by atoms with Gasteiger partial charge in [0.25, 0.3) is 0 Å². The smallest absolute Gasteiger partial charge is 0.131 e. The molecule has 4 nitrogen and oxygen atoms in total. The fourth-order valence-electron chi connectivity index (χ4n) is 3.70. The molecular weight excluding hydrogens is 351 g/mol. The molecule has 0 saturated carbocycles. The number of hydrogen-bond acceptors (Lipinski definition) is 3. The average molecular weight is 370 g/mol. The number of hydrazone groups is 1. The minimum atomic E-state index is -0.228. The summed E-state index contributed by atoms with van der Waals surface area (Å²) in [4.78, 5) is 5.46. The normalized spacial score (nSPS) is 13.6. The van der Waals surface area contributed by atoms with Crippen LogP contribution in [0.1, 0.15) is 5.56 Å². The van der Waals surface area contributed by atoms with Crippen LogP contribution in [0.4, 0.5) is 10.1 Å². The number of halogens is 1. The molecule has 0 fully saturated rings. The SMILES string of the molecule is Fc1ccccc1-c1ccccc1N1CN(Cc2c[nH]c3ccccc23)C=N1. The molecule has 0 aliphatic carbocycles. The summed E-state index contributed by atoms with van der Waals surface area (Å²) >= 11 is 0. The molecule has 0 amide bonds. The Morgan fingerprint density at radius 1 is 0.893 bits per heavy atom. The van der Waals surface area contributed by atoms with Crippen LogP contribution in [0.2, 0.25) is 0 Å². The number of H-pyrrole nitrogens is 1. The number of aromatic nitrogens is 1. The second-order valence-corrected chi connectivity index (χ2v) is 6.88. The predicted molar refractivity (Wildman–Crippen MR) is 112 cm³/mol. The molecule has 0 atom stereocenters. The maximum absolute atomic E-state index is 14.3. The zero-order chi connectivity index (χ0) is 18.9. The van der Waals surface area contributed by atoms with E-state index in [0.717, 1.165) is 23.3 Å². The lowest BCUT2D eigenvalue weighted by Gasteiger charge is -2.21. The molecule has 1 aromatic heterocycles. The Kier molecular flexibility index (Phi) is 4.05. The number of nitrogens with one attached hydrogen (secondary N) is 1. The van der Waals surface area contributed by atoms with Gasteiger partial charge in [0.1, 0.15) is 18.8 Å². The fraction of sp³-hybridized carbons (Fsp3) is 0.0870. The van der Waals surface area contributed by atoms with E-state index in [4.69, 9.17) is 0 Å². The van der Waals surface area contributed by atoms with Crippen molar-refractivity contribution >= 4 is 22.9 Å². The number of anilines is 1. The summed E-state index contributed by atoms with van der Waals surface area (Å²) in [6.07, 6.45) is 3.90. The van der Waals surface area contributed by atoms with Gasteiger partial charge < -0.3 is 9.88 Å². The molecular formula is C23H19FN4. The molecule has 3 aromatic carbocycles. The zero-order valence-corrected chi connectivity index (χ0v) is 15.2. The molecule has 28 heavy (non-hydrogen) atoms. The van der Waals surface area contributed by atoms with Crippen LogP contribution in [0.25, 0.3) is 22.0 Å². The van der Waals surface area contributed by atoms with Crippen molar-refractivity contribution in [3.05, 3.63) is 90.4 Å². The first kappa shape index (κ1) is 16.6. The van der Waals surface area contributed by atoms with Gasteiger partial charge in [0, 0.05) is 34.8 Å². The van der Waals surface area contributed by atoms with Crippen LogP contribution in [-0.2, 0) is 6.54 Å². The molecule has 1 N–H and O–H groups in total. The number of fused-ring (bicyclic) bond motifs is 1. The number of para-hydroxylation sites is 2.